The van der Waals surface area contributed by atoms with E-state index in [1.165, 1.54) is 0 Å². The van der Waals surface area contributed by atoms with Crippen molar-refractivity contribution in [1.82, 2.24) is 10.3 Å². The zero-order valence-corrected chi connectivity index (χ0v) is 14.8. The van der Waals surface area contributed by atoms with Crippen LogP contribution < -0.4 is 9.44 Å². The molecule has 0 saturated heterocycles. The number of nitrogens with zero attached hydrogens (tertiary/aromatic N) is 2. The molecule has 0 aliphatic carbocycles. The van der Waals surface area contributed by atoms with Crippen LogP contribution in [0.4, 0.5) is 20.4 Å². The third-order valence-corrected chi connectivity index (χ3v) is 5.91. The molecule has 13 heteroatoms. The van der Waals surface area contributed by atoms with Gasteiger partial charge in [0.05, 0.1) is 9.79 Å². The van der Waals surface area contributed by atoms with Crippen molar-refractivity contribution < 1.29 is 30.2 Å². The van der Waals surface area contributed by atoms with E-state index in [9.17, 15) is 25.6 Å². The molecule has 1 aromatic heterocycles. The maximum atomic E-state index is 12.9. The van der Waals surface area contributed by atoms with E-state index in [2.05, 4.69) is 14.9 Å². The Morgan fingerprint density at radius 3 is 1.33 bits per heavy atom. The number of hydrogen-bond donors (Lipinski definition) is 2. The summed E-state index contributed by atoms with van der Waals surface area (Å²) in [5.74, 6) is -2.34. The van der Waals surface area contributed by atoms with Gasteiger partial charge in [0, 0.05) is 0 Å². The first-order valence-corrected chi connectivity index (χ1v) is 10.0. The molecular weight excluding hydrogens is 406 g/mol. The van der Waals surface area contributed by atoms with Gasteiger partial charge in [0.1, 0.15) is 11.6 Å². The Hall–Kier alpha value is -3.06. The van der Waals surface area contributed by atoms with Crippen molar-refractivity contribution in [2.24, 2.45) is 0 Å². The fourth-order valence-electron chi connectivity index (χ4n) is 1.92. The summed E-state index contributed by atoms with van der Waals surface area (Å²) in [4.78, 5) is -0.585. The lowest BCUT2D eigenvalue weighted by atomic mass is 10.4. The molecule has 0 aliphatic rings. The first kappa shape index (κ1) is 18.7. The van der Waals surface area contributed by atoms with Gasteiger partial charge in [-0.1, -0.05) is 0 Å². The smallest absolute Gasteiger partial charge is 0.257 e. The minimum atomic E-state index is -4.21. The molecule has 3 rings (SSSR count). The van der Waals surface area contributed by atoms with E-state index in [4.69, 9.17) is 0 Å². The van der Waals surface area contributed by atoms with Crippen LogP contribution in [-0.4, -0.2) is 27.1 Å². The number of nitrogens with one attached hydrogen (secondary N) is 2. The van der Waals surface area contributed by atoms with Gasteiger partial charge in [0.15, 0.2) is 0 Å². The maximum Gasteiger partial charge on any atom is 0.263 e. The molecule has 0 amide bonds. The highest BCUT2D eigenvalue weighted by molar-refractivity contribution is 7.93. The predicted molar refractivity (Wildman–Crippen MR) is 88.7 cm³/mol. The van der Waals surface area contributed by atoms with Crippen molar-refractivity contribution >= 4 is 31.7 Å². The van der Waals surface area contributed by atoms with E-state index >= 15 is 0 Å². The molecule has 0 bridgehead atoms. The minimum absolute atomic E-state index is 0.292. The van der Waals surface area contributed by atoms with Gasteiger partial charge in [-0.2, -0.15) is 0 Å². The number of hydrogen-bond acceptors (Lipinski definition) is 7. The van der Waals surface area contributed by atoms with Gasteiger partial charge in [-0.3, -0.25) is 9.44 Å². The Bertz CT molecular complexity index is 1070. The van der Waals surface area contributed by atoms with Crippen LogP contribution in [0.1, 0.15) is 0 Å². The van der Waals surface area contributed by atoms with Gasteiger partial charge in [0.25, 0.3) is 20.0 Å². The molecule has 142 valence electrons. The fourth-order valence-corrected chi connectivity index (χ4v) is 3.92. The number of halogens is 2. The van der Waals surface area contributed by atoms with E-state index < -0.39 is 43.3 Å². The average molecular weight is 416 g/mol. The van der Waals surface area contributed by atoms with Crippen molar-refractivity contribution in [2.45, 2.75) is 9.79 Å². The highest BCUT2D eigenvalue weighted by atomic mass is 32.2. The molecule has 0 unspecified atom stereocenters. The fraction of sp³-hybridized carbons (Fsp3) is 0. The van der Waals surface area contributed by atoms with Crippen LogP contribution in [0.5, 0.6) is 0 Å². The Kier molecular flexibility index (Phi) is 4.80. The zero-order chi connectivity index (χ0) is 19.7. The van der Waals surface area contributed by atoms with E-state index in [1.807, 2.05) is 9.44 Å². The van der Waals surface area contributed by atoms with Crippen LogP contribution in [0.25, 0.3) is 0 Å². The summed E-state index contributed by atoms with van der Waals surface area (Å²) in [6.45, 7) is 0. The highest BCUT2D eigenvalue weighted by Gasteiger charge is 2.24. The molecule has 0 radical (unpaired) electrons. The second kappa shape index (κ2) is 6.92. The molecule has 27 heavy (non-hydrogen) atoms. The molecule has 0 atom stereocenters. The minimum Gasteiger partial charge on any atom is -0.257 e. The summed E-state index contributed by atoms with van der Waals surface area (Å²) in [5.41, 5.74) is 0. The van der Waals surface area contributed by atoms with Gasteiger partial charge in [0.2, 0.25) is 11.6 Å². The van der Waals surface area contributed by atoms with Crippen LogP contribution in [0.2, 0.25) is 0 Å². The first-order valence-electron chi connectivity index (χ1n) is 7.07. The lowest BCUT2D eigenvalue weighted by Crippen LogP contribution is -2.17. The Morgan fingerprint density at radius 2 is 1.00 bits per heavy atom. The van der Waals surface area contributed by atoms with E-state index in [0.29, 0.717) is 0 Å². The number of benzene rings is 2. The van der Waals surface area contributed by atoms with Crippen LogP contribution >= 0.6 is 0 Å². The lowest BCUT2D eigenvalue weighted by Gasteiger charge is -2.08. The molecule has 0 saturated carbocycles. The highest BCUT2D eigenvalue weighted by Crippen LogP contribution is 2.23. The third kappa shape index (κ3) is 4.20. The molecule has 2 N–H and O–H groups in total. The number of sulfonamides is 2. The lowest BCUT2D eigenvalue weighted by molar-refractivity contribution is 0.311. The van der Waals surface area contributed by atoms with Crippen LogP contribution in [-0.2, 0) is 20.0 Å². The molecule has 0 fully saturated rings. The van der Waals surface area contributed by atoms with Gasteiger partial charge in [-0.25, -0.2) is 30.2 Å². The van der Waals surface area contributed by atoms with Crippen LogP contribution in [0.15, 0.2) is 63.0 Å². The summed E-state index contributed by atoms with van der Waals surface area (Å²) in [7, 11) is -8.42. The second-order valence-electron chi connectivity index (χ2n) is 5.08. The van der Waals surface area contributed by atoms with Crippen molar-refractivity contribution in [2.75, 3.05) is 9.44 Å². The summed E-state index contributed by atoms with van der Waals surface area (Å²) in [6, 6.07) is 7.78. The molecule has 3 aromatic rings. The molecule has 2 aromatic carbocycles. The van der Waals surface area contributed by atoms with Crippen molar-refractivity contribution in [3.63, 3.8) is 0 Å². The third-order valence-electron chi connectivity index (χ3n) is 3.20. The molecular formula is C14H10F2N4O5S2. The van der Waals surface area contributed by atoms with Gasteiger partial charge in [-0.05, 0) is 58.8 Å². The average Bonchev–Trinajstić information content (AvgIpc) is 3.01. The summed E-state index contributed by atoms with van der Waals surface area (Å²) < 4.78 is 83.3. The summed E-state index contributed by atoms with van der Waals surface area (Å²) >= 11 is 0. The van der Waals surface area contributed by atoms with E-state index in [-0.39, 0.29) is 9.79 Å². The van der Waals surface area contributed by atoms with Gasteiger partial charge >= 0.3 is 0 Å². The maximum absolute atomic E-state index is 12.9. The Labute approximate surface area is 152 Å². The molecule has 9 nitrogen and oxygen atoms in total. The van der Waals surface area contributed by atoms with Crippen molar-refractivity contribution in [1.29, 1.82) is 0 Å². The second-order valence-corrected chi connectivity index (χ2v) is 8.45. The largest absolute Gasteiger partial charge is 0.263 e. The SMILES string of the molecule is O=S(=O)(Nc1nonc1NS(=O)(=O)c1ccc(F)cc1)c1ccc(F)cc1. The van der Waals surface area contributed by atoms with E-state index in [0.717, 1.165) is 48.5 Å². The van der Waals surface area contributed by atoms with Crippen molar-refractivity contribution in [3.8, 4) is 0 Å². The number of rotatable bonds is 6. The van der Waals surface area contributed by atoms with Crippen LogP contribution in [0, 0.1) is 11.6 Å². The topological polar surface area (TPSA) is 131 Å². The van der Waals surface area contributed by atoms with Crippen molar-refractivity contribution in [3.05, 3.63) is 60.2 Å². The Morgan fingerprint density at radius 1 is 0.667 bits per heavy atom. The standard InChI is InChI=1S/C14H10F2N4O5S2/c15-9-1-5-11(6-2-9)26(21,22)19-13-14(18-25-17-13)20-27(23,24)12-7-3-10(16)4-8-12/h1-8H,(H,17,19)(H,18,20). The number of anilines is 2. The molecule has 1 heterocycles. The molecule has 0 spiro atoms. The summed E-state index contributed by atoms with van der Waals surface area (Å²) in [6.07, 6.45) is 0. The van der Waals surface area contributed by atoms with Gasteiger partial charge < -0.3 is 0 Å². The van der Waals surface area contributed by atoms with Crippen LogP contribution in [0.3, 0.4) is 0 Å². The predicted octanol–water partition coefficient (Wildman–Crippen LogP) is 1.95. The van der Waals surface area contributed by atoms with E-state index in [1.54, 1.807) is 0 Å². The first-order chi connectivity index (χ1) is 12.7. The molecule has 0 aliphatic heterocycles. The summed E-state index contributed by atoms with van der Waals surface area (Å²) in [5, 5.41) is 6.60. The Balaban J connectivity index is 1.86. The van der Waals surface area contributed by atoms with Gasteiger partial charge in [-0.15, -0.1) is 0 Å². The quantitative estimate of drug-likeness (QED) is 0.628. The number of aromatic nitrogens is 2. The monoisotopic (exact) mass is 416 g/mol. The zero-order valence-electron chi connectivity index (χ0n) is 13.1. The normalized spacial score (nSPS) is 11.9.